The molecule has 3 aromatic rings. The molecule has 194 valence electrons. The van der Waals surface area contributed by atoms with E-state index in [1.54, 1.807) is 24.3 Å². The second-order valence-corrected chi connectivity index (χ2v) is 9.53. The average Bonchev–Trinajstić information content (AvgIpc) is 2.91. The summed E-state index contributed by atoms with van der Waals surface area (Å²) in [5.74, 6) is 0.640. The Hall–Kier alpha value is -3.62. The number of carbonyl (C=O) groups excluding carboxylic acids is 1. The Labute approximate surface area is 219 Å². The summed E-state index contributed by atoms with van der Waals surface area (Å²) < 4.78 is 30.4. The number of amides is 1. The zero-order chi connectivity index (χ0) is 26.6. The number of pyridine rings is 1. The fourth-order valence-corrected chi connectivity index (χ4v) is 4.08. The van der Waals surface area contributed by atoms with Crippen molar-refractivity contribution in [2.45, 2.75) is 19.3 Å². The van der Waals surface area contributed by atoms with Gasteiger partial charge in [0.25, 0.3) is 5.91 Å². The van der Waals surface area contributed by atoms with E-state index in [4.69, 9.17) is 35.9 Å². The van der Waals surface area contributed by atoms with E-state index in [0.29, 0.717) is 40.7 Å². The summed E-state index contributed by atoms with van der Waals surface area (Å²) >= 11 is 6.04. The maximum absolute atomic E-state index is 13.8. The molecule has 0 aliphatic carbocycles. The third-order valence-electron chi connectivity index (χ3n) is 5.98. The Morgan fingerprint density at radius 2 is 2.03 bits per heavy atom. The van der Waals surface area contributed by atoms with Crippen molar-refractivity contribution in [1.29, 1.82) is 0 Å². The van der Waals surface area contributed by atoms with Gasteiger partial charge in [0.1, 0.15) is 24.7 Å². The first-order valence-electron chi connectivity index (χ1n) is 11.7. The second kappa shape index (κ2) is 11.2. The van der Waals surface area contributed by atoms with Crippen LogP contribution in [0.2, 0.25) is 5.02 Å². The molecule has 4 rings (SSSR count). The van der Waals surface area contributed by atoms with Gasteiger partial charge in [0.2, 0.25) is 0 Å². The van der Waals surface area contributed by atoms with Crippen LogP contribution in [0.15, 0.2) is 48.5 Å². The number of ether oxygens (including phenoxy) is 3. The highest BCUT2D eigenvalue weighted by Crippen LogP contribution is 2.38. The van der Waals surface area contributed by atoms with Gasteiger partial charge in [-0.25, -0.2) is 9.37 Å². The molecule has 37 heavy (non-hydrogen) atoms. The highest BCUT2D eigenvalue weighted by Gasteiger charge is 2.27. The molecule has 0 atom stereocenters. The van der Waals surface area contributed by atoms with Gasteiger partial charge in [0.15, 0.2) is 17.2 Å². The summed E-state index contributed by atoms with van der Waals surface area (Å²) in [4.78, 5) is 17.8. The van der Waals surface area contributed by atoms with Crippen LogP contribution in [0, 0.1) is 5.82 Å². The van der Waals surface area contributed by atoms with Crippen LogP contribution in [-0.2, 0) is 5.41 Å². The number of benzene rings is 2. The summed E-state index contributed by atoms with van der Waals surface area (Å²) in [5.41, 5.74) is 2.59. The maximum atomic E-state index is 13.8. The number of aromatic nitrogens is 1. The number of rotatable bonds is 9. The lowest BCUT2D eigenvalue weighted by atomic mass is 9.86. The first kappa shape index (κ1) is 26.4. The van der Waals surface area contributed by atoms with E-state index in [0.717, 1.165) is 11.3 Å². The van der Waals surface area contributed by atoms with Crippen molar-refractivity contribution in [2.24, 2.45) is 0 Å². The summed E-state index contributed by atoms with van der Waals surface area (Å²) in [6, 6.07) is 11.2. The molecule has 0 unspecified atom stereocenters. The van der Waals surface area contributed by atoms with Crippen LogP contribution in [0.3, 0.4) is 0 Å². The van der Waals surface area contributed by atoms with E-state index in [1.807, 2.05) is 32.1 Å². The number of hydrogen-bond donors (Lipinski definition) is 2. The first-order chi connectivity index (χ1) is 17.7. The van der Waals surface area contributed by atoms with Crippen molar-refractivity contribution in [2.75, 3.05) is 33.5 Å². The number of hydrogen-bond acceptors (Lipinski definition) is 6. The van der Waals surface area contributed by atoms with Crippen LogP contribution in [0.1, 0.15) is 35.5 Å². The van der Waals surface area contributed by atoms with E-state index in [1.165, 1.54) is 19.2 Å². The predicted molar refractivity (Wildman–Crippen MR) is 140 cm³/mol. The highest BCUT2D eigenvalue weighted by atomic mass is 35.5. The number of methoxy groups -OCH3 is 1. The van der Waals surface area contributed by atoms with Crippen LogP contribution in [-0.4, -0.2) is 49.5 Å². The zero-order valence-corrected chi connectivity index (χ0v) is 21.6. The normalized spacial score (nSPS) is 12.5. The summed E-state index contributed by atoms with van der Waals surface area (Å²) in [6.07, 6.45) is 3.86. The van der Waals surface area contributed by atoms with Crippen molar-refractivity contribution >= 4 is 23.6 Å². The lowest BCUT2D eigenvalue weighted by molar-refractivity contribution is 0.0945. The molecule has 1 aromatic heterocycles. The molecule has 1 amide bonds. The molecular formula is C28H28ClFN2O5. The van der Waals surface area contributed by atoms with Gasteiger partial charge in [-0.3, -0.25) is 4.79 Å². The van der Waals surface area contributed by atoms with E-state index < -0.39 is 11.2 Å². The fraction of sp³-hybridized carbons (Fsp3) is 0.286. The highest BCUT2D eigenvalue weighted by molar-refractivity contribution is 6.31. The second-order valence-electron chi connectivity index (χ2n) is 9.12. The van der Waals surface area contributed by atoms with Crippen LogP contribution >= 0.6 is 11.6 Å². The van der Waals surface area contributed by atoms with Gasteiger partial charge >= 0.3 is 0 Å². The first-order valence-corrected chi connectivity index (χ1v) is 12.1. The molecule has 0 radical (unpaired) electrons. The topological polar surface area (TPSA) is 89.9 Å². The quantitative estimate of drug-likeness (QED) is 0.406. The van der Waals surface area contributed by atoms with Gasteiger partial charge in [-0.15, -0.1) is 0 Å². The number of fused-ring (bicyclic) bond motifs is 1. The summed E-state index contributed by atoms with van der Waals surface area (Å²) in [6.45, 7) is 4.64. The van der Waals surface area contributed by atoms with Gasteiger partial charge < -0.3 is 24.6 Å². The molecule has 0 fully saturated rings. The molecule has 0 bridgehead atoms. The molecule has 7 nitrogen and oxygen atoms in total. The van der Waals surface area contributed by atoms with Crippen LogP contribution < -0.4 is 19.5 Å². The zero-order valence-electron chi connectivity index (χ0n) is 20.8. The molecule has 2 aromatic carbocycles. The van der Waals surface area contributed by atoms with Crippen molar-refractivity contribution in [3.8, 4) is 28.5 Å². The number of halogens is 2. The smallest absolute Gasteiger partial charge is 0.251 e. The third kappa shape index (κ3) is 5.87. The molecule has 2 heterocycles. The van der Waals surface area contributed by atoms with E-state index >= 15 is 0 Å². The average molecular weight is 527 g/mol. The van der Waals surface area contributed by atoms with Crippen LogP contribution in [0.5, 0.6) is 17.2 Å². The van der Waals surface area contributed by atoms with Crippen LogP contribution in [0.25, 0.3) is 17.3 Å². The lowest BCUT2D eigenvalue weighted by Gasteiger charge is -2.27. The van der Waals surface area contributed by atoms with Gasteiger partial charge in [-0.05, 0) is 48.5 Å². The van der Waals surface area contributed by atoms with Gasteiger partial charge in [0, 0.05) is 34.3 Å². The fourth-order valence-electron chi connectivity index (χ4n) is 3.90. The number of aliphatic hydroxyl groups is 1. The van der Waals surface area contributed by atoms with Crippen molar-refractivity contribution < 1.29 is 28.5 Å². The van der Waals surface area contributed by atoms with E-state index in [-0.39, 0.29) is 30.7 Å². The molecular weight excluding hydrogens is 499 g/mol. The Balaban J connectivity index is 1.59. The molecule has 2 N–H and O–H groups in total. The van der Waals surface area contributed by atoms with Gasteiger partial charge in [0.05, 0.1) is 18.7 Å². The minimum absolute atomic E-state index is 0.000430. The maximum Gasteiger partial charge on any atom is 0.251 e. The van der Waals surface area contributed by atoms with Crippen molar-refractivity contribution in [1.82, 2.24) is 10.3 Å². The molecule has 9 heteroatoms. The Morgan fingerprint density at radius 3 is 2.76 bits per heavy atom. The Bertz CT molecular complexity index is 1340. The minimum atomic E-state index is -0.567. The summed E-state index contributed by atoms with van der Waals surface area (Å²) in [5, 5.41) is 11.9. The van der Waals surface area contributed by atoms with Crippen molar-refractivity contribution in [3.63, 3.8) is 0 Å². The van der Waals surface area contributed by atoms with Crippen molar-refractivity contribution in [3.05, 3.63) is 76.2 Å². The lowest BCUT2D eigenvalue weighted by Crippen LogP contribution is -2.37. The number of carbonyl (C=O) groups is 1. The third-order valence-corrected chi connectivity index (χ3v) is 6.26. The Kier molecular flexibility index (Phi) is 8.00. The summed E-state index contributed by atoms with van der Waals surface area (Å²) in [7, 11) is 1.48. The van der Waals surface area contributed by atoms with Gasteiger partial charge in [-0.1, -0.05) is 31.5 Å². The van der Waals surface area contributed by atoms with E-state index in [2.05, 4.69) is 5.32 Å². The predicted octanol–water partition coefficient (Wildman–Crippen LogP) is 5.03. The monoisotopic (exact) mass is 526 g/mol. The standard InChI is InChI=1S/C28H28ClFN2O5/c1-28(2,16-31-27(34)19-7-9-22(36-12-10-33)23(14-19)35-3)24-15-18-5-4-11-37-26(18)25(32-24)17-6-8-21(30)20(29)13-17/h4-9,13-15,33H,10-12,16H2,1-3H3,(H,31,34). The van der Waals surface area contributed by atoms with E-state index in [9.17, 15) is 9.18 Å². The molecule has 0 saturated heterocycles. The molecule has 0 spiro atoms. The number of nitrogens with zero attached hydrogens (tertiary/aromatic N) is 1. The Morgan fingerprint density at radius 1 is 1.22 bits per heavy atom. The molecule has 1 aliphatic rings. The minimum Gasteiger partial charge on any atom is -0.493 e. The molecule has 1 aliphatic heterocycles. The number of aliphatic hydroxyl groups excluding tert-OH is 1. The number of nitrogens with one attached hydrogen (secondary N) is 1. The van der Waals surface area contributed by atoms with Gasteiger partial charge in [-0.2, -0.15) is 0 Å². The van der Waals surface area contributed by atoms with Crippen LogP contribution in [0.4, 0.5) is 4.39 Å². The molecule has 0 saturated carbocycles. The largest absolute Gasteiger partial charge is 0.493 e. The SMILES string of the molecule is COc1cc(C(=O)NCC(C)(C)c2cc3c(c(-c4ccc(F)c(Cl)c4)n2)OCC=C3)ccc1OCCO.